The number of phenolic OH excluding ortho intramolecular Hbond substituents is 1. The SMILES string of the molecule is CC(CN1CCOCC1)NC(=O)c1cc(F)ccc1O. The normalized spacial score (nSPS) is 17.7. The molecule has 1 saturated heterocycles. The lowest BCUT2D eigenvalue weighted by atomic mass is 10.1. The Kier molecular flexibility index (Phi) is 4.92. The summed E-state index contributed by atoms with van der Waals surface area (Å²) < 4.78 is 18.4. The summed E-state index contributed by atoms with van der Waals surface area (Å²) in [7, 11) is 0. The lowest BCUT2D eigenvalue weighted by molar-refractivity contribution is 0.0342. The lowest BCUT2D eigenvalue weighted by Gasteiger charge is -2.29. The molecule has 1 heterocycles. The Morgan fingerprint density at radius 3 is 2.90 bits per heavy atom. The summed E-state index contributed by atoms with van der Waals surface area (Å²) in [4.78, 5) is 14.2. The first-order valence-corrected chi connectivity index (χ1v) is 6.66. The molecule has 20 heavy (non-hydrogen) atoms. The Labute approximate surface area is 117 Å². The molecule has 6 heteroatoms. The van der Waals surface area contributed by atoms with Crippen LogP contribution in [0.15, 0.2) is 18.2 Å². The highest BCUT2D eigenvalue weighted by atomic mass is 19.1. The number of hydrogen-bond acceptors (Lipinski definition) is 4. The molecule has 1 unspecified atom stereocenters. The van der Waals surface area contributed by atoms with Crippen LogP contribution in [0.1, 0.15) is 17.3 Å². The topological polar surface area (TPSA) is 61.8 Å². The Bertz CT molecular complexity index is 475. The van der Waals surface area contributed by atoms with E-state index in [4.69, 9.17) is 4.74 Å². The molecule has 5 nitrogen and oxygen atoms in total. The summed E-state index contributed by atoms with van der Waals surface area (Å²) in [6.07, 6.45) is 0. The highest BCUT2D eigenvalue weighted by Crippen LogP contribution is 2.17. The number of carbonyl (C=O) groups is 1. The van der Waals surface area contributed by atoms with E-state index in [0.29, 0.717) is 19.8 Å². The molecule has 0 bridgehead atoms. The van der Waals surface area contributed by atoms with Crippen molar-refractivity contribution in [2.75, 3.05) is 32.8 Å². The van der Waals surface area contributed by atoms with Gasteiger partial charge in [-0.15, -0.1) is 0 Å². The molecule has 0 spiro atoms. The van der Waals surface area contributed by atoms with E-state index in [1.165, 1.54) is 6.07 Å². The van der Waals surface area contributed by atoms with E-state index in [1.807, 2.05) is 6.92 Å². The van der Waals surface area contributed by atoms with E-state index in [0.717, 1.165) is 25.2 Å². The van der Waals surface area contributed by atoms with Crippen LogP contribution in [-0.4, -0.2) is 54.8 Å². The van der Waals surface area contributed by atoms with Gasteiger partial charge >= 0.3 is 0 Å². The first-order chi connectivity index (χ1) is 9.56. The largest absolute Gasteiger partial charge is 0.507 e. The summed E-state index contributed by atoms with van der Waals surface area (Å²) in [5.41, 5.74) is -0.0428. The summed E-state index contributed by atoms with van der Waals surface area (Å²) in [6.45, 7) is 5.66. The molecular weight excluding hydrogens is 263 g/mol. The van der Waals surface area contributed by atoms with Crippen molar-refractivity contribution in [1.29, 1.82) is 0 Å². The number of nitrogens with zero attached hydrogens (tertiary/aromatic N) is 1. The molecule has 1 aliphatic rings. The molecule has 1 aromatic rings. The van der Waals surface area contributed by atoms with Crippen LogP contribution in [0.2, 0.25) is 0 Å². The Hall–Kier alpha value is -1.66. The van der Waals surface area contributed by atoms with Crippen molar-refractivity contribution in [2.24, 2.45) is 0 Å². The van der Waals surface area contributed by atoms with Crippen molar-refractivity contribution in [3.63, 3.8) is 0 Å². The van der Waals surface area contributed by atoms with E-state index in [9.17, 15) is 14.3 Å². The minimum atomic E-state index is -0.547. The second kappa shape index (κ2) is 6.67. The molecular formula is C14H19FN2O3. The third-order valence-electron chi connectivity index (χ3n) is 3.22. The average Bonchev–Trinajstić information content (AvgIpc) is 2.42. The first kappa shape index (κ1) is 14.7. The lowest BCUT2D eigenvalue weighted by Crippen LogP contribution is -2.46. The fourth-order valence-corrected chi connectivity index (χ4v) is 2.21. The van der Waals surface area contributed by atoms with Crippen molar-refractivity contribution in [3.05, 3.63) is 29.6 Å². The molecule has 1 amide bonds. The molecule has 0 radical (unpaired) electrons. The standard InChI is InChI=1S/C14H19FN2O3/c1-10(9-17-4-6-20-7-5-17)16-14(19)12-8-11(15)2-3-13(12)18/h2-3,8,10,18H,4-7,9H2,1H3,(H,16,19). The van der Waals surface area contributed by atoms with E-state index in [-0.39, 0.29) is 17.4 Å². The third kappa shape index (κ3) is 3.91. The van der Waals surface area contributed by atoms with Gasteiger partial charge < -0.3 is 15.2 Å². The number of rotatable bonds is 4. The monoisotopic (exact) mass is 282 g/mol. The molecule has 1 fully saturated rings. The van der Waals surface area contributed by atoms with Gasteiger partial charge in [-0.3, -0.25) is 9.69 Å². The quantitative estimate of drug-likeness (QED) is 0.864. The van der Waals surface area contributed by atoms with Crippen LogP contribution in [0.5, 0.6) is 5.75 Å². The highest BCUT2D eigenvalue weighted by Gasteiger charge is 2.18. The van der Waals surface area contributed by atoms with Crippen molar-refractivity contribution < 1.29 is 19.0 Å². The van der Waals surface area contributed by atoms with Crippen molar-refractivity contribution in [1.82, 2.24) is 10.2 Å². The fraction of sp³-hybridized carbons (Fsp3) is 0.500. The molecule has 1 atom stereocenters. The molecule has 1 aromatic carbocycles. The Balaban J connectivity index is 1.91. The van der Waals surface area contributed by atoms with E-state index in [1.54, 1.807) is 0 Å². The van der Waals surface area contributed by atoms with E-state index >= 15 is 0 Å². The molecule has 110 valence electrons. The van der Waals surface area contributed by atoms with Crippen LogP contribution in [0, 0.1) is 5.82 Å². The number of carbonyl (C=O) groups excluding carboxylic acids is 1. The average molecular weight is 282 g/mol. The molecule has 0 saturated carbocycles. The van der Waals surface area contributed by atoms with Gasteiger partial charge in [0.15, 0.2) is 0 Å². The highest BCUT2D eigenvalue weighted by molar-refractivity contribution is 5.96. The van der Waals surface area contributed by atoms with Crippen LogP contribution >= 0.6 is 0 Å². The number of morpholine rings is 1. The number of aromatic hydroxyl groups is 1. The summed E-state index contributed by atoms with van der Waals surface area (Å²) in [5.74, 6) is -1.24. The maximum atomic E-state index is 13.1. The maximum absolute atomic E-state index is 13.1. The van der Waals surface area contributed by atoms with Gasteiger partial charge in [0.25, 0.3) is 5.91 Å². The zero-order chi connectivity index (χ0) is 14.5. The predicted octanol–water partition coefficient (Wildman–Crippen LogP) is 0.982. The van der Waals surface area contributed by atoms with Gasteiger partial charge in [0.1, 0.15) is 11.6 Å². The Morgan fingerprint density at radius 1 is 1.50 bits per heavy atom. The van der Waals surface area contributed by atoms with Gasteiger partial charge in [-0.25, -0.2) is 4.39 Å². The molecule has 0 aliphatic carbocycles. The predicted molar refractivity (Wildman–Crippen MR) is 72.3 cm³/mol. The van der Waals surface area contributed by atoms with Crippen LogP contribution in [0.4, 0.5) is 4.39 Å². The number of phenols is 1. The second-order valence-corrected chi connectivity index (χ2v) is 4.95. The van der Waals surface area contributed by atoms with Gasteiger partial charge in [-0.05, 0) is 25.1 Å². The number of benzene rings is 1. The number of halogens is 1. The van der Waals surface area contributed by atoms with Gasteiger partial charge in [0, 0.05) is 25.7 Å². The summed E-state index contributed by atoms with van der Waals surface area (Å²) in [5, 5.41) is 12.3. The number of nitrogens with one attached hydrogen (secondary N) is 1. The minimum Gasteiger partial charge on any atom is -0.507 e. The molecule has 2 N–H and O–H groups in total. The van der Waals surface area contributed by atoms with E-state index in [2.05, 4.69) is 10.2 Å². The zero-order valence-electron chi connectivity index (χ0n) is 11.4. The van der Waals surface area contributed by atoms with Crippen LogP contribution in [-0.2, 0) is 4.74 Å². The van der Waals surface area contributed by atoms with Crippen LogP contribution in [0.3, 0.4) is 0 Å². The third-order valence-corrected chi connectivity index (χ3v) is 3.22. The van der Waals surface area contributed by atoms with Crippen molar-refractivity contribution in [3.8, 4) is 5.75 Å². The smallest absolute Gasteiger partial charge is 0.255 e. The van der Waals surface area contributed by atoms with E-state index < -0.39 is 11.7 Å². The molecule has 1 aliphatic heterocycles. The second-order valence-electron chi connectivity index (χ2n) is 4.95. The number of hydrogen-bond donors (Lipinski definition) is 2. The van der Waals surface area contributed by atoms with Crippen molar-refractivity contribution >= 4 is 5.91 Å². The van der Waals surface area contributed by atoms with Gasteiger partial charge in [-0.2, -0.15) is 0 Å². The minimum absolute atomic E-state index is 0.0428. The number of amides is 1. The van der Waals surface area contributed by atoms with Gasteiger partial charge in [-0.1, -0.05) is 0 Å². The van der Waals surface area contributed by atoms with Crippen LogP contribution in [0.25, 0.3) is 0 Å². The van der Waals surface area contributed by atoms with Crippen molar-refractivity contribution in [2.45, 2.75) is 13.0 Å². The van der Waals surface area contributed by atoms with Gasteiger partial charge in [0.05, 0.1) is 18.8 Å². The zero-order valence-corrected chi connectivity index (χ0v) is 11.4. The van der Waals surface area contributed by atoms with Gasteiger partial charge in [0.2, 0.25) is 0 Å². The summed E-state index contributed by atoms with van der Waals surface area (Å²) >= 11 is 0. The fourth-order valence-electron chi connectivity index (χ4n) is 2.21. The molecule has 0 aromatic heterocycles. The Morgan fingerprint density at radius 2 is 2.20 bits per heavy atom. The first-order valence-electron chi connectivity index (χ1n) is 6.66. The maximum Gasteiger partial charge on any atom is 0.255 e. The number of ether oxygens (including phenoxy) is 1. The summed E-state index contributed by atoms with van der Waals surface area (Å²) in [6, 6.07) is 3.23. The van der Waals surface area contributed by atoms with Crippen LogP contribution < -0.4 is 5.32 Å². The molecule has 2 rings (SSSR count).